The van der Waals surface area contributed by atoms with E-state index in [1.807, 2.05) is 0 Å². The van der Waals surface area contributed by atoms with Crippen molar-refractivity contribution >= 4 is 5.78 Å². The monoisotopic (exact) mass is 287 g/mol. The van der Waals surface area contributed by atoms with Crippen molar-refractivity contribution in [3.05, 3.63) is 0 Å². The van der Waals surface area contributed by atoms with Crippen LogP contribution < -0.4 is 24.0 Å². The van der Waals surface area contributed by atoms with Gasteiger partial charge in [-0.05, 0) is 0 Å². The van der Waals surface area contributed by atoms with Gasteiger partial charge in [0.25, 0.3) is 0 Å². The molecule has 4 heteroatoms. The molecule has 12 heavy (non-hydrogen) atoms. The molecular weight excluding hydrogens is 269 g/mol. The van der Waals surface area contributed by atoms with E-state index in [9.17, 15) is 4.79 Å². The molecule has 0 unspecified atom stereocenters. The number of quaternary nitrogens is 1. The maximum absolute atomic E-state index is 10.7. The molecule has 1 rings (SSSR count). The minimum absolute atomic E-state index is 0. The molecule has 1 heterocycles. The Balaban J connectivity index is 0. The van der Waals surface area contributed by atoms with Gasteiger partial charge in [0.05, 0.1) is 40.0 Å². The molecule has 0 amide bonds. The predicted molar refractivity (Wildman–Crippen MR) is 44.2 cm³/mol. The summed E-state index contributed by atoms with van der Waals surface area (Å²) in [6.07, 6.45) is 1.57. The topological polar surface area (TPSA) is 37.3 Å². The number of aliphatic hydroxyl groups is 1. The molecule has 0 radical (unpaired) electrons. The molecule has 1 fully saturated rings. The Morgan fingerprint density at radius 3 is 1.75 bits per heavy atom. The van der Waals surface area contributed by atoms with Gasteiger partial charge in [0, 0.05) is 7.11 Å². The van der Waals surface area contributed by atoms with Crippen molar-refractivity contribution in [2.24, 2.45) is 0 Å². The first-order valence-corrected chi connectivity index (χ1v) is 3.89. The van der Waals surface area contributed by atoms with E-state index in [-0.39, 0.29) is 24.0 Å². The molecule has 74 valence electrons. The summed E-state index contributed by atoms with van der Waals surface area (Å²) >= 11 is 0. The highest BCUT2D eigenvalue weighted by Crippen LogP contribution is 2.09. The molecule has 1 aliphatic rings. The molecule has 0 saturated carbocycles. The summed E-state index contributed by atoms with van der Waals surface area (Å²) in [6, 6.07) is 0. The third-order valence-corrected chi connectivity index (χ3v) is 1.99. The number of ketones is 1. The molecule has 0 spiro atoms. The first kappa shape index (κ1) is 14.8. The molecule has 1 saturated heterocycles. The number of rotatable bonds is 0. The Bertz CT molecular complexity index is 125. The van der Waals surface area contributed by atoms with E-state index in [1.165, 1.54) is 0 Å². The molecule has 0 aliphatic carbocycles. The lowest BCUT2D eigenvalue weighted by Crippen LogP contribution is -3.00. The number of hydrogen-bond acceptors (Lipinski definition) is 2. The molecule has 0 aromatic carbocycles. The van der Waals surface area contributed by atoms with Gasteiger partial charge in [-0.1, -0.05) is 0 Å². The fourth-order valence-corrected chi connectivity index (χ4v) is 1.09. The summed E-state index contributed by atoms with van der Waals surface area (Å²) in [5.41, 5.74) is 0. The number of piperidine rings is 1. The predicted octanol–water partition coefficient (Wildman–Crippen LogP) is -2.96. The van der Waals surface area contributed by atoms with Gasteiger partial charge in [-0.15, -0.1) is 0 Å². The van der Waals surface area contributed by atoms with Gasteiger partial charge in [0.2, 0.25) is 0 Å². The average molecular weight is 287 g/mol. The molecule has 3 nitrogen and oxygen atoms in total. The van der Waals surface area contributed by atoms with Crippen molar-refractivity contribution in [2.45, 2.75) is 12.8 Å². The smallest absolute Gasteiger partial charge is 0.144 e. The summed E-state index contributed by atoms with van der Waals surface area (Å²) < 4.78 is 1.02. The van der Waals surface area contributed by atoms with Crippen molar-refractivity contribution in [2.75, 3.05) is 34.3 Å². The van der Waals surface area contributed by atoms with Crippen molar-refractivity contribution < 1.29 is 38.4 Å². The Hall–Kier alpha value is 0.320. The van der Waals surface area contributed by atoms with Crippen LogP contribution in [0.3, 0.4) is 0 Å². The Morgan fingerprint density at radius 1 is 1.17 bits per heavy atom. The fraction of sp³-hybridized carbons (Fsp3) is 0.875. The second-order valence-corrected chi connectivity index (χ2v) is 3.42. The second-order valence-electron chi connectivity index (χ2n) is 3.42. The normalized spacial score (nSPS) is 20.2. The summed E-state index contributed by atoms with van der Waals surface area (Å²) in [4.78, 5) is 10.7. The summed E-state index contributed by atoms with van der Waals surface area (Å²) in [6.45, 7) is 2.05. The second kappa shape index (κ2) is 6.80. The molecule has 0 aromatic rings. The van der Waals surface area contributed by atoms with Gasteiger partial charge in [0.1, 0.15) is 5.78 Å². The summed E-state index contributed by atoms with van der Waals surface area (Å²) in [7, 11) is 5.35. The molecule has 1 N–H and O–H groups in total. The first-order valence-electron chi connectivity index (χ1n) is 3.89. The van der Waals surface area contributed by atoms with Crippen LogP contribution in [-0.2, 0) is 4.79 Å². The van der Waals surface area contributed by atoms with E-state index in [1.54, 1.807) is 0 Å². The number of hydrogen-bond donors (Lipinski definition) is 1. The van der Waals surface area contributed by atoms with Gasteiger partial charge in [-0.25, -0.2) is 0 Å². The number of aliphatic hydroxyl groups excluding tert-OH is 1. The number of likely N-dealkylation sites (tertiary alicyclic amines) is 1. The lowest BCUT2D eigenvalue weighted by molar-refractivity contribution is -0.891. The van der Waals surface area contributed by atoms with Crippen LogP contribution in [0.15, 0.2) is 0 Å². The highest BCUT2D eigenvalue weighted by molar-refractivity contribution is 5.78. The first-order chi connectivity index (χ1) is 5.10. The van der Waals surface area contributed by atoms with Crippen LogP contribution in [0.2, 0.25) is 0 Å². The third-order valence-electron chi connectivity index (χ3n) is 1.99. The quantitative estimate of drug-likeness (QED) is 0.382. The largest absolute Gasteiger partial charge is 1.00 e. The van der Waals surface area contributed by atoms with Crippen LogP contribution in [0.5, 0.6) is 0 Å². The van der Waals surface area contributed by atoms with Crippen LogP contribution in [-0.4, -0.2) is 49.7 Å². The fourth-order valence-electron chi connectivity index (χ4n) is 1.09. The standard InChI is InChI=1S/C7H14NO.CH4O.HI/c1-8(2)5-3-7(9)4-6-8;1-2;/h3-6H2,1-2H3;2H,1H3;1H/q+1;;/p-1. The maximum Gasteiger partial charge on any atom is 0.144 e. The van der Waals surface area contributed by atoms with Gasteiger partial charge < -0.3 is 33.6 Å². The number of carbonyl (C=O) groups is 1. The zero-order valence-corrected chi connectivity index (χ0v) is 10.2. The molecular formula is C8H18INO2. The zero-order chi connectivity index (χ0) is 8.91. The van der Waals surface area contributed by atoms with E-state index >= 15 is 0 Å². The number of carbonyl (C=O) groups excluding carboxylic acids is 1. The SMILES string of the molecule is CO.C[N+]1(C)CCC(=O)CC1.[I-]. The van der Waals surface area contributed by atoms with E-state index in [4.69, 9.17) is 5.11 Å². The molecule has 0 bridgehead atoms. The molecule has 0 atom stereocenters. The van der Waals surface area contributed by atoms with Crippen molar-refractivity contribution in [3.8, 4) is 0 Å². The number of Topliss-reactive ketones (excluding diaryl/α,β-unsaturated/α-hetero) is 1. The highest BCUT2D eigenvalue weighted by Gasteiger charge is 2.23. The van der Waals surface area contributed by atoms with E-state index in [0.717, 1.165) is 37.5 Å². The van der Waals surface area contributed by atoms with Crippen molar-refractivity contribution in [3.63, 3.8) is 0 Å². The third kappa shape index (κ3) is 5.91. The average Bonchev–Trinajstić information content (AvgIpc) is 2.00. The van der Waals surface area contributed by atoms with Gasteiger partial charge in [-0.3, -0.25) is 4.79 Å². The minimum Gasteiger partial charge on any atom is -1.00 e. The summed E-state index contributed by atoms with van der Waals surface area (Å²) in [5, 5.41) is 7.00. The van der Waals surface area contributed by atoms with Crippen molar-refractivity contribution in [1.82, 2.24) is 0 Å². The Labute approximate surface area is 91.4 Å². The number of halogens is 1. The minimum atomic E-state index is 0. The van der Waals surface area contributed by atoms with Gasteiger partial charge in [-0.2, -0.15) is 0 Å². The van der Waals surface area contributed by atoms with E-state index in [0.29, 0.717) is 5.78 Å². The Morgan fingerprint density at radius 2 is 1.50 bits per heavy atom. The summed E-state index contributed by atoms with van der Waals surface area (Å²) in [5.74, 6) is 0.437. The van der Waals surface area contributed by atoms with Gasteiger partial charge >= 0.3 is 0 Å². The number of nitrogens with zero attached hydrogens (tertiary/aromatic N) is 1. The maximum atomic E-state index is 10.7. The lowest BCUT2D eigenvalue weighted by Gasteiger charge is -2.32. The highest BCUT2D eigenvalue weighted by atomic mass is 127. The zero-order valence-electron chi connectivity index (χ0n) is 8.01. The van der Waals surface area contributed by atoms with E-state index < -0.39 is 0 Å². The Kier molecular flexibility index (Phi) is 8.39. The van der Waals surface area contributed by atoms with Crippen molar-refractivity contribution in [1.29, 1.82) is 0 Å². The van der Waals surface area contributed by atoms with Crippen LogP contribution in [0.4, 0.5) is 0 Å². The van der Waals surface area contributed by atoms with E-state index in [2.05, 4.69) is 14.1 Å². The van der Waals surface area contributed by atoms with Crippen LogP contribution in [0, 0.1) is 0 Å². The van der Waals surface area contributed by atoms with Gasteiger partial charge in [0.15, 0.2) is 0 Å². The molecule has 1 aliphatic heterocycles. The molecule has 0 aromatic heterocycles. The lowest BCUT2D eigenvalue weighted by atomic mass is 10.1. The van der Waals surface area contributed by atoms with Crippen LogP contribution in [0.25, 0.3) is 0 Å². The van der Waals surface area contributed by atoms with Crippen LogP contribution in [0.1, 0.15) is 12.8 Å². The van der Waals surface area contributed by atoms with Crippen LogP contribution >= 0.6 is 0 Å².